The highest BCUT2D eigenvalue weighted by Gasteiger charge is 2.43. The normalized spacial score (nSPS) is 15.5. The van der Waals surface area contributed by atoms with Crippen LogP contribution in [-0.4, -0.2) is 31.1 Å². The highest BCUT2D eigenvalue weighted by Crippen LogP contribution is 2.47. The zero-order valence-corrected chi connectivity index (χ0v) is 15.0. The summed E-state index contributed by atoms with van der Waals surface area (Å²) in [6.45, 7) is 4.32. The number of rotatable bonds is 7. The molecule has 1 fully saturated rings. The van der Waals surface area contributed by atoms with Crippen molar-refractivity contribution >= 4 is 5.96 Å². The summed E-state index contributed by atoms with van der Waals surface area (Å²) in [5.74, 6) is 1.45. The summed E-state index contributed by atoms with van der Waals surface area (Å²) in [6.07, 6.45) is 2.45. The quantitative estimate of drug-likeness (QED) is 0.602. The number of hydrogen-bond acceptors (Lipinski definition) is 3. The minimum Gasteiger partial charge on any atom is -0.481 e. The summed E-state index contributed by atoms with van der Waals surface area (Å²) in [4.78, 5) is 9.07. The first-order valence-electron chi connectivity index (χ1n) is 8.83. The van der Waals surface area contributed by atoms with E-state index < -0.39 is 0 Å². The van der Waals surface area contributed by atoms with Gasteiger partial charge in [0.25, 0.3) is 0 Å². The smallest absolute Gasteiger partial charge is 0.213 e. The molecule has 0 amide bonds. The van der Waals surface area contributed by atoms with Gasteiger partial charge in [-0.25, -0.2) is 9.98 Å². The molecule has 5 nitrogen and oxygen atoms in total. The fourth-order valence-corrected chi connectivity index (χ4v) is 2.92. The minimum absolute atomic E-state index is 0.256. The van der Waals surface area contributed by atoms with E-state index in [0.29, 0.717) is 12.4 Å². The number of methoxy groups -OCH3 is 1. The number of nitrogens with zero attached hydrogens (tertiary/aromatic N) is 2. The molecule has 1 aliphatic rings. The van der Waals surface area contributed by atoms with Crippen molar-refractivity contribution in [3.05, 3.63) is 59.8 Å². The van der Waals surface area contributed by atoms with Crippen molar-refractivity contribution in [3.63, 3.8) is 0 Å². The molecule has 0 atom stereocenters. The van der Waals surface area contributed by atoms with Crippen LogP contribution in [0.2, 0.25) is 0 Å². The maximum Gasteiger partial charge on any atom is 0.213 e. The summed E-state index contributed by atoms with van der Waals surface area (Å²) in [7, 11) is 1.62. The van der Waals surface area contributed by atoms with Gasteiger partial charge in [-0.05, 0) is 31.4 Å². The number of aromatic nitrogens is 1. The van der Waals surface area contributed by atoms with E-state index in [2.05, 4.69) is 57.9 Å². The molecule has 0 unspecified atom stereocenters. The van der Waals surface area contributed by atoms with E-state index in [9.17, 15) is 0 Å². The lowest BCUT2D eigenvalue weighted by Crippen LogP contribution is -2.41. The Labute approximate surface area is 149 Å². The monoisotopic (exact) mass is 338 g/mol. The van der Waals surface area contributed by atoms with Crippen LogP contribution in [0.4, 0.5) is 0 Å². The predicted molar refractivity (Wildman–Crippen MR) is 101 cm³/mol. The largest absolute Gasteiger partial charge is 0.481 e. The van der Waals surface area contributed by atoms with E-state index in [4.69, 9.17) is 4.74 Å². The number of benzene rings is 1. The number of guanidine groups is 1. The standard InChI is InChI=1S/C20H26N4O/c1-3-21-19(22-14-17-10-7-11-18(24-17)25-2)23-15-20(12-13-20)16-8-5-4-6-9-16/h4-11H,3,12-15H2,1-2H3,(H2,21,22,23). The van der Waals surface area contributed by atoms with Gasteiger partial charge in [0.05, 0.1) is 19.3 Å². The molecule has 0 aliphatic heterocycles. The van der Waals surface area contributed by atoms with Crippen molar-refractivity contribution in [1.29, 1.82) is 0 Å². The molecule has 3 rings (SSSR count). The molecule has 25 heavy (non-hydrogen) atoms. The molecule has 5 heteroatoms. The third kappa shape index (κ3) is 4.50. The second-order valence-electron chi connectivity index (χ2n) is 6.37. The van der Waals surface area contributed by atoms with Gasteiger partial charge in [-0.2, -0.15) is 0 Å². The lowest BCUT2D eigenvalue weighted by Gasteiger charge is -2.19. The van der Waals surface area contributed by atoms with Crippen LogP contribution in [0.3, 0.4) is 0 Å². The van der Waals surface area contributed by atoms with Gasteiger partial charge in [0, 0.05) is 24.6 Å². The molecule has 0 spiro atoms. The van der Waals surface area contributed by atoms with Gasteiger partial charge < -0.3 is 15.4 Å². The number of pyridine rings is 1. The number of hydrogen-bond donors (Lipinski definition) is 2. The van der Waals surface area contributed by atoms with Crippen LogP contribution in [0.25, 0.3) is 0 Å². The van der Waals surface area contributed by atoms with Crippen molar-refractivity contribution in [2.45, 2.75) is 31.7 Å². The molecule has 1 aromatic heterocycles. The zero-order valence-electron chi connectivity index (χ0n) is 15.0. The van der Waals surface area contributed by atoms with Gasteiger partial charge in [-0.1, -0.05) is 36.4 Å². The van der Waals surface area contributed by atoms with Crippen molar-refractivity contribution < 1.29 is 4.74 Å². The maximum absolute atomic E-state index is 5.17. The van der Waals surface area contributed by atoms with Gasteiger partial charge in [0.15, 0.2) is 5.96 Å². The average Bonchev–Trinajstić information content (AvgIpc) is 3.46. The summed E-state index contributed by atoms with van der Waals surface area (Å²) in [6, 6.07) is 16.5. The molecule has 2 aromatic rings. The average molecular weight is 338 g/mol. The third-order valence-corrected chi connectivity index (χ3v) is 4.57. The highest BCUT2D eigenvalue weighted by atomic mass is 16.5. The Hall–Kier alpha value is -2.56. The molecule has 1 aromatic carbocycles. The summed E-state index contributed by atoms with van der Waals surface area (Å²) in [5.41, 5.74) is 2.56. The topological polar surface area (TPSA) is 58.5 Å². The van der Waals surface area contributed by atoms with Crippen LogP contribution in [0.15, 0.2) is 53.5 Å². The number of ether oxygens (including phenoxy) is 1. The molecular formula is C20H26N4O. The Bertz CT molecular complexity index is 711. The van der Waals surface area contributed by atoms with Crippen LogP contribution in [0.5, 0.6) is 5.88 Å². The van der Waals surface area contributed by atoms with Crippen LogP contribution >= 0.6 is 0 Å². The van der Waals surface area contributed by atoms with E-state index in [0.717, 1.165) is 24.7 Å². The first kappa shape index (κ1) is 17.3. The maximum atomic E-state index is 5.17. The minimum atomic E-state index is 0.256. The molecule has 0 saturated heterocycles. The first-order chi connectivity index (χ1) is 12.3. The lowest BCUT2D eigenvalue weighted by molar-refractivity contribution is 0.396. The fraction of sp³-hybridized carbons (Fsp3) is 0.400. The third-order valence-electron chi connectivity index (χ3n) is 4.57. The van der Waals surface area contributed by atoms with E-state index >= 15 is 0 Å². The van der Waals surface area contributed by atoms with Gasteiger partial charge in [0.1, 0.15) is 0 Å². The van der Waals surface area contributed by atoms with E-state index in [1.807, 2.05) is 18.2 Å². The van der Waals surface area contributed by atoms with E-state index in [1.165, 1.54) is 18.4 Å². The zero-order chi connectivity index (χ0) is 17.5. The Kier molecular flexibility index (Phi) is 5.53. The van der Waals surface area contributed by atoms with Gasteiger partial charge in [-0.15, -0.1) is 0 Å². The highest BCUT2D eigenvalue weighted by molar-refractivity contribution is 5.79. The Balaban J connectivity index is 1.63. The molecule has 0 radical (unpaired) electrons. The van der Waals surface area contributed by atoms with Crippen molar-refractivity contribution in [1.82, 2.24) is 15.6 Å². The number of aliphatic imine (C=N–C) groups is 1. The van der Waals surface area contributed by atoms with Crippen molar-refractivity contribution in [2.75, 3.05) is 20.2 Å². The van der Waals surface area contributed by atoms with E-state index in [-0.39, 0.29) is 5.41 Å². The summed E-state index contributed by atoms with van der Waals surface area (Å²) in [5, 5.41) is 6.81. The van der Waals surface area contributed by atoms with Gasteiger partial charge in [0.2, 0.25) is 5.88 Å². The van der Waals surface area contributed by atoms with Gasteiger partial charge in [-0.3, -0.25) is 0 Å². The second-order valence-corrected chi connectivity index (χ2v) is 6.37. The van der Waals surface area contributed by atoms with Crippen LogP contribution in [-0.2, 0) is 12.0 Å². The van der Waals surface area contributed by atoms with Crippen molar-refractivity contribution in [3.8, 4) is 5.88 Å². The fourth-order valence-electron chi connectivity index (χ4n) is 2.92. The molecular weight excluding hydrogens is 312 g/mol. The molecule has 132 valence electrons. The summed E-state index contributed by atoms with van der Waals surface area (Å²) >= 11 is 0. The SMILES string of the molecule is CCNC(=NCc1cccc(OC)n1)NCC1(c2ccccc2)CC1. The molecule has 2 N–H and O–H groups in total. The summed E-state index contributed by atoms with van der Waals surface area (Å²) < 4.78 is 5.17. The Morgan fingerprint density at radius 3 is 2.60 bits per heavy atom. The van der Waals surface area contributed by atoms with Crippen molar-refractivity contribution in [2.24, 2.45) is 4.99 Å². The second kappa shape index (κ2) is 8.01. The molecule has 1 heterocycles. The lowest BCUT2D eigenvalue weighted by atomic mass is 9.96. The van der Waals surface area contributed by atoms with Crippen LogP contribution in [0, 0.1) is 0 Å². The van der Waals surface area contributed by atoms with Crippen LogP contribution in [0.1, 0.15) is 31.0 Å². The Morgan fingerprint density at radius 2 is 1.92 bits per heavy atom. The van der Waals surface area contributed by atoms with Gasteiger partial charge >= 0.3 is 0 Å². The molecule has 1 saturated carbocycles. The number of nitrogens with one attached hydrogen (secondary N) is 2. The molecule has 1 aliphatic carbocycles. The first-order valence-corrected chi connectivity index (χ1v) is 8.83. The molecule has 0 bridgehead atoms. The van der Waals surface area contributed by atoms with E-state index in [1.54, 1.807) is 7.11 Å². The van der Waals surface area contributed by atoms with Crippen LogP contribution < -0.4 is 15.4 Å². The Morgan fingerprint density at radius 1 is 1.12 bits per heavy atom. The predicted octanol–water partition coefficient (Wildman–Crippen LogP) is 2.88.